The summed E-state index contributed by atoms with van der Waals surface area (Å²) in [6.45, 7) is 1.04. The highest BCUT2D eigenvalue weighted by molar-refractivity contribution is 5.99. The first-order valence-electron chi connectivity index (χ1n) is 7.81. The van der Waals surface area contributed by atoms with Crippen LogP contribution in [0.15, 0.2) is 23.7 Å². The molecular formula is C17H21N3O. The minimum atomic E-state index is 0.277. The summed E-state index contributed by atoms with van der Waals surface area (Å²) in [5, 5.41) is 3.38. The summed E-state index contributed by atoms with van der Waals surface area (Å²) in [6, 6.07) is 0. The van der Waals surface area contributed by atoms with Crippen molar-refractivity contribution in [3.8, 4) is 0 Å². The first kappa shape index (κ1) is 14.0. The zero-order valence-electron chi connectivity index (χ0n) is 12.3. The van der Waals surface area contributed by atoms with Gasteiger partial charge in [0.1, 0.15) is 0 Å². The SMILES string of the molecule is O=C1CCCC/C1=C\c1cnc(/C=C2\CCCCN2)nc1. The monoisotopic (exact) mass is 283 g/mol. The van der Waals surface area contributed by atoms with Gasteiger partial charge in [0.15, 0.2) is 11.6 Å². The van der Waals surface area contributed by atoms with Gasteiger partial charge in [0.25, 0.3) is 0 Å². The van der Waals surface area contributed by atoms with Crippen molar-refractivity contribution in [2.75, 3.05) is 6.54 Å². The number of piperidine rings is 1. The molecule has 2 aliphatic rings. The van der Waals surface area contributed by atoms with Crippen molar-refractivity contribution in [1.82, 2.24) is 15.3 Å². The van der Waals surface area contributed by atoms with E-state index >= 15 is 0 Å². The highest BCUT2D eigenvalue weighted by Gasteiger charge is 2.14. The zero-order chi connectivity index (χ0) is 14.5. The van der Waals surface area contributed by atoms with Gasteiger partial charge < -0.3 is 5.32 Å². The molecule has 0 radical (unpaired) electrons. The average molecular weight is 283 g/mol. The number of Topliss-reactive ketones (excluding diaryl/α,β-unsaturated/α-hetero) is 1. The number of nitrogens with one attached hydrogen (secondary N) is 1. The Balaban J connectivity index is 1.71. The van der Waals surface area contributed by atoms with Crippen LogP contribution in [-0.4, -0.2) is 22.3 Å². The van der Waals surface area contributed by atoms with Gasteiger partial charge in [-0.3, -0.25) is 4.79 Å². The van der Waals surface area contributed by atoms with Crippen LogP contribution >= 0.6 is 0 Å². The molecule has 2 heterocycles. The lowest BCUT2D eigenvalue weighted by Gasteiger charge is -2.16. The normalized spacial score (nSPS) is 23.3. The number of carbonyl (C=O) groups is 1. The van der Waals surface area contributed by atoms with Gasteiger partial charge in [-0.2, -0.15) is 0 Å². The standard InChI is InChI=1S/C17H21N3O/c21-16-7-2-1-5-14(16)9-13-11-19-17(20-12-13)10-15-6-3-4-8-18-15/h9-12,18H,1-8H2/b14-9+,15-10+. The number of carbonyl (C=O) groups excluding carboxylic acids is 1. The maximum absolute atomic E-state index is 11.8. The van der Waals surface area contributed by atoms with E-state index in [0.717, 1.165) is 49.2 Å². The molecule has 3 rings (SSSR count). The van der Waals surface area contributed by atoms with E-state index in [9.17, 15) is 4.79 Å². The second-order valence-corrected chi connectivity index (χ2v) is 5.73. The molecule has 0 aromatic carbocycles. The second kappa shape index (κ2) is 6.66. The van der Waals surface area contributed by atoms with Crippen molar-refractivity contribution in [2.24, 2.45) is 0 Å². The average Bonchev–Trinajstić information content (AvgIpc) is 2.52. The number of ketones is 1. The lowest BCUT2D eigenvalue weighted by Crippen LogP contribution is -2.19. The first-order valence-corrected chi connectivity index (χ1v) is 7.81. The molecule has 1 aliphatic heterocycles. The van der Waals surface area contributed by atoms with Gasteiger partial charge in [-0.25, -0.2) is 9.97 Å². The molecule has 1 aromatic heterocycles. The third-order valence-corrected chi connectivity index (χ3v) is 4.02. The van der Waals surface area contributed by atoms with Gasteiger partial charge in [0.2, 0.25) is 0 Å². The smallest absolute Gasteiger partial charge is 0.158 e. The van der Waals surface area contributed by atoms with Crippen molar-refractivity contribution in [2.45, 2.75) is 44.9 Å². The summed E-state index contributed by atoms with van der Waals surface area (Å²) >= 11 is 0. The van der Waals surface area contributed by atoms with E-state index < -0.39 is 0 Å². The highest BCUT2D eigenvalue weighted by Crippen LogP contribution is 2.22. The van der Waals surface area contributed by atoms with Crippen LogP contribution in [0.5, 0.6) is 0 Å². The summed E-state index contributed by atoms with van der Waals surface area (Å²) in [6.07, 6.45) is 14.8. The molecule has 0 bridgehead atoms. The minimum Gasteiger partial charge on any atom is -0.388 e. The van der Waals surface area contributed by atoms with Crippen molar-refractivity contribution in [3.05, 3.63) is 35.1 Å². The molecule has 1 N–H and O–H groups in total. The molecule has 1 saturated heterocycles. The van der Waals surface area contributed by atoms with E-state index in [-0.39, 0.29) is 5.78 Å². The topological polar surface area (TPSA) is 54.9 Å². The predicted octanol–water partition coefficient (Wildman–Crippen LogP) is 3.12. The molecule has 1 saturated carbocycles. The van der Waals surface area contributed by atoms with Crippen LogP contribution in [0.1, 0.15) is 56.3 Å². The van der Waals surface area contributed by atoms with E-state index in [1.165, 1.54) is 18.5 Å². The molecule has 4 heteroatoms. The highest BCUT2D eigenvalue weighted by atomic mass is 16.1. The van der Waals surface area contributed by atoms with E-state index in [2.05, 4.69) is 15.3 Å². The summed E-state index contributed by atoms with van der Waals surface area (Å²) in [4.78, 5) is 20.6. The van der Waals surface area contributed by atoms with Crippen LogP contribution in [0, 0.1) is 0 Å². The Labute approximate surface area is 125 Å². The zero-order valence-corrected chi connectivity index (χ0v) is 12.3. The fourth-order valence-corrected chi connectivity index (χ4v) is 2.81. The molecule has 0 spiro atoms. The first-order chi connectivity index (χ1) is 10.3. The van der Waals surface area contributed by atoms with E-state index in [4.69, 9.17) is 0 Å². The van der Waals surface area contributed by atoms with Crippen LogP contribution in [0.3, 0.4) is 0 Å². The van der Waals surface area contributed by atoms with Crippen LogP contribution < -0.4 is 5.32 Å². The van der Waals surface area contributed by atoms with Crippen LogP contribution in [0.2, 0.25) is 0 Å². The second-order valence-electron chi connectivity index (χ2n) is 5.73. The Morgan fingerprint density at radius 3 is 2.43 bits per heavy atom. The predicted molar refractivity (Wildman–Crippen MR) is 83.3 cm³/mol. The molecule has 1 aromatic rings. The fourth-order valence-electron chi connectivity index (χ4n) is 2.81. The van der Waals surface area contributed by atoms with Gasteiger partial charge in [0, 0.05) is 42.7 Å². The largest absolute Gasteiger partial charge is 0.388 e. The van der Waals surface area contributed by atoms with E-state index in [1.54, 1.807) is 12.4 Å². The van der Waals surface area contributed by atoms with Gasteiger partial charge in [-0.05, 0) is 50.2 Å². The number of allylic oxidation sites excluding steroid dienone is 2. The third-order valence-electron chi connectivity index (χ3n) is 4.02. The molecule has 0 atom stereocenters. The van der Waals surface area contributed by atoms with Crippen LogP contribution in [0.25, 0.3) is 12.2 Å². The molecule has 21 heavy (non-hydrogen) atoms. The third kappa shape index (κ3) is 3.78. The Hall–Kier alpha value is -1.97. The molecule has 0 unspecified atom stereocenters. The maximum atomic E-state index is 11.8. The van der Waals surface area contributed by atoms with Crippen molar-refractivity contribution >= 4 is 17.9 Å². The lowest BCUT2D eigenvalue weighted by molar-refractivity contribution is -0.116. The van der Waals surface area contributed by atoms with E-state index in [0.29, 0.717) is 6.42 Å². The maximum Gasteiger partial charge on any atom is 0.158 e. The fraction of sp³-hybridized carbons (Fsp3) is 0.471. The van der Waals surface area contributed by atoms with Crippen LogP contribution in [-0.2, 0) is 4.79 Å². The lowest BCUT2D eigenvalue weighted by atomic mass is 9.92. The molecule has 1 aliphatic carbocycles. The Kier molecular flexibility index (Phi) is 4.43. The molecule has 4 nitrogen and oxygen atoms in total. The quantitative estimate of drug-likeness (QED) is 0.847. The molecule has 110 valence electrons. The molecular weight excluding hydrogens is 262 g/mol. The summed E-state index contributed by atoms with van der Waals surface area (Å²) in [5.41, 5.74) is 3.05. The Bertz CT molecular complexity index is 564. The summed E-state index contributed by atoms with van der Waals surface area (Å²) < 4.78 is 0. The van der Waals surface area contributed by atoms with Gasteiger partial charge >= 0.3 is 0 Å². The van der Waals surface area contributed by atoms with Crippen LogP contribution in [0.4, 0.5) is 0 Å². The Morgan fingerprint density at radius 1 is 0.952 bits per heavy atom. The Morgan fingerprint density at radius 2 is 1.71 bits per heavy atom. The molecule has 2 fully saturated rings. The van der Waals surface area contributed by atoms with Crippen molar-refractivity contribution < 1.29 is 4.79 Å². The van der Waals surface area contributed by atoms with Gasteiger partial charge in [-0.15, -0.1) is 0 Å². The number of aromatic nitrogens is 2. The molecule has 0 amide bonds. The number of rotatable bonds is 2. The number of hydrogen-bond acceptors (Lipinski definition) is 4. The number of hydrogen-bond donors (Lipinski definition) is 1. The summed E-state index contributed by atoms with van der Waals surface area (Å²) in [7, 11) is 0. The minimum absolute atomic E-state index is 0.277. The van der Waals surface area contributed by atoms with Gasteiger partial charge in [0.05, 0.1) is 0 Å². The van der Waals surface area contributed by atoms with Crippen molar-refractivity contribution in [3.63, 3.8) is 0 Å². The van der Waals surface area contributed by atoms with Crippen molar-refractivity contribution in [1.29, 1.82) is 0 Å². The number of nitrogens with zero attached hydrogens (tertiary/aromatic N) is 2. The van der Waals surface area contributed by atoms with Gasteiger partial charge in [-0.1, -0.05) is 0 Å². The van der Waals surface area contributed by atoms with E-state index in [1.807, 2.05) is 12.2 Å². The summed E-state index contributed by atoms with van der Waals surface area (Å²) in [5.74, 6) is 1.01.